The summed E-state index contributed by atoms with van der Waals surface area (Å²) < 4.78 is 0. The van der Waals surface area contributed by atoms with Gasteiger partial charge in [0.2, 0.25) is 0 Å². The van der Waals surface area contributed by atoms with E-state index in [0.717, 1.165) is 6.42 Å². The van der Waals surface area contributed by atoms with Crippen molar-refractivity contribution in [2.45, 2.75) is 44.1 Å². The third kappa shape index (κ3) is 3.26. The molecule has 0 aromatic heterocycles. The van der Waals surface area contributed by atoms with Gasteiger partial charge in [0.25, 0.3) is 0 Å². The zero-order chi connectivity index (χ0) is 7.45. The highest BCUT2D eigenvalue weighted by atomic mass is 35.5. The van der Waals surface area contributed by atoms with Gasteiger partial charge < -0.3 is 5.73 Å². The third-order valence-electron chi connectivity index (χ3n) is 2.40. The average molecular weight is 176 g/mol. The predicted molar refractivity (Wildman–Crippen MR) is 52.1 cm³/mol. The summed E-state index contributed by atoms with van der Waals surface area (Å²) in [4.78, 5) is 0. The van der Waals surface area contributed by atoms with Crippen LogP contribution >= 0.6 is 12.4 Å². The highest BCUT2D eigenvalue weighted by molar-refractivity contribution is 5.85. The van der Waals surface area contributed by atoms with Crippen LogP contribution in [0.15, 0.2) is 12.7 Å². The van der Waals surface area contributed by atoms with Crippen LogP contribution in [0.1, 0.15) is 38.5 Å². The molecule has 2 N–H and O–H groups in total. The maximum atomic E-state index is 6.10. The second-order valence-electron chi connectivity index (χ2n) is 3.42. The van der Waals surface area contributed by atoms with Gasteiger partial charge in [0.15, 0.2) is 0 Å². The Labute approximate surface area is 75.5 Å². The van der Waals surface area contributed by atoms with Crippen LogP contribution in [0.25, 0.3) is 0 Å². The largest absolute Gasteiger partial charge is 0.325 e. The fourth-order valence-electron chi connectivity index (χ4n) is 1.75. The summed E-state index contributed by atoms with van der Waals surface area (Å²) in [6, 6.07) is 0. The van der Waals surface area contributed by atoms with Crippen molar-refractivity contribution in [1.82, 2.24) is 0 Å². The molecule has 1 aliphatic carbocycles. The van der Waals surface area contributed by atoms with Gasteiger partial charge in [-0.25, -0.2) is 0 Å². The van der Waals surface area contributed by atoms with Gasteiger partial charge in [-0.3, -0.25) is 0 Å². The van der Waals surface area contributed by atoms with Crippen LogP contribution < -0.4 is 5.73 Å². The zero-order valence-electron chi connectivity index (χ0n) is 7.01. The molecule has 1 nitrogen and oxygen atoms in total. The van der Waals surface area contributed by atoms with Crippen molar-refractivity contribution in [2.24, 2.45) is 5.73 Å². The van der Waals surface area contributed by atoms with E-state index in [2.05, 4.69) is 6.58 Å². The first-order valence-electron chi connectivity index (χ1n) is 4.17. The van der Waals surface area contributed by atoms with Crippen LogP contribution in [0.5, 0.6) is 0 Å². The molecule has 0 aromatic carbocycles. The molecule has 0 saturated heterocycles. The van der Waals surface area contributed by atoms with Crippen molar-refractivity contribution in [3.8, 4) is 0 Å². The number of halogens is 1. The van der Waals surface area contributed by atoms with Gasteiger partial charge >= 0.3 is 0 Å². The first-order valence-corrected chi connectivity index (χ1v) is 4.17. The molecule has 1 aliphatic rings. The summed E-state index contributed by atoms with van der Waals surface area (Å²) in [6.07, 6.45) is 9.32. The number of rotatable bonds is 2. The second kappa shape index (κ2) is 4.78. The molecular formula is C9H18ClN. The highest BCUT2D eigenvalue weighted by Gasteiger charge is 2.25. The minimum Gasteiger partial charge on any atom is -0.325 e. The summed E-state index contributed by atoms with van der Waals surface area (Å²) in [6.45, 7) is 3.72. The fourth-order valence-corrected chi connectivity index (χ4v) is 1.75. The van der Waals surface area contributed by atoms with E-state index in [1.54, 1.807) is 0 Å². The lowest BCUT2D eigenvalue weighted by Crippen LogP contribution is -2.40. The van der Waals surface area contributed by atoms with Gasteiger partial charge in [0.05, 0.1) is 0 Å². The van der Waals surface area contributed by atoms with Crippen LogP contribution in [0.2, 0.25) is 0 Å². The summed E-state index contributed by atoms with van der Waals surface area (Å²) in [7, 11) is 0. The lowest BCUT2D eigenvalue weighted by molar-refractivity contribution is 0.299. The van der Waals surface area contributed by atoms with Crippen LogP contribution in [0, 0.1) is 0 Å². The maximum absolute atomic E-state index is 6.10. The lowest BCUT2D eigenvalue weighted by Gasteiger charge is -2.32. The summed E-state index contributed by atoms with van der Waals surface area (Å²) in [5.41, 5.74) is 6.21. The van der Waals surface area contributed by atoms with E-state index in [-0.39, 0.29) is 17.9 Å². The van der Waals surface area contributed by atoms with Gasteiger partial charge in [-0.05, 0) is 19.3 Å². The summed E-state index contributed by atoms with van der Waals surface area (Å²) in [5.74, 6) is 0. The molecule has 1 saturated carbocycles. The Morgan fingerprint density at radius 3 is 2.27 bits per heavy atom. The van der Waals surface area contributed by atoms with Crippen LogP contribution in [0.4, 0.5) is 0 Å². The van der Waals surface area contributed by atoms with E-state index < -0.39 is 0 Å². The Hall–Kier alpha value is -0.0100. The molecule has 0 aliphatic heterocycles. The van der Waals surface area contributed by atoms with Gasteiger partial charge in [-0.2, -0.15) is 0 Å². The number of hydrogen-bond acceptors (Lipinski definition) is 1. The van der Waals surface area contributed by atoms with Crippen LogP contribution in [-0.4, -0.2) is 5.54 Å². The molecule has 66 valence electrons. The van der Waals surface area contributed by atoms with Crippen LogP contribution in [0.3, 0.4) is 0 Å². The quantitative estimate of drug-likeness (QED) is 0.642. The standard InChI is InChI=1S/C9H17N.ClH/c1-2-6-9(10)7-4-3-5-8-9;/h2H,1,3-8,10H2;1H. The van der Waals surface area contributed by atoms with E-state index in [4.69, 9.17) is 5.73 Å². The Balaban J connectivity index is 0.000001000. The molecule has 0 atom stereocenters. The monoisotopic (exact) mass is 175 g/mol. The van der Waals surface area contributed by atoms with E-state index in [0.29, 0.717) is 0 Å². The minimum atomic E-state index is 0. The first kappa shape index (κ1) is 11.0. The van der Waals surface area contributed by atoms with Gasteiger partial charge in [0.1, 0.15) is 0 Å². The van der Waals surface area contributed by atoms with E-state index in [1.807, 2.05) is 6.08 Å². The van der Waals surface area contributed by atoms with Crippen molar-refractivity contribution in [1.29, 1.82) is 0 Å². The molecule has 0 bridgehead atoms. The average Bonchev–Trinajstić information content (AvgIpc) is 1.89. The SMILES string of the molecule is C=CCC1(N)CCCCC1.Cl. The van der Waals surface area contributed by atoms with Crippen molar-refractivity contribution >= 4 is 12.4 Å². The second-order valence-corrected chi connectivity index (χ2v) is 3.42. The zero-order valence-corrected chi connectivity index (χ0v) is 7.83. The topological polar surface area (TPSA) is 26.0 Å². The summed E-state index contributed by atoms with van der Waals surface area (Å²) >= 11 is 0. The van der Waals surface area contributed by atoms with E-state index >= 15 is 0 Å². The number of nitrogens with two attached hydrogens (primary N) is 1. The lowest BCUT2D eigenvalue weighted by atomic mass is 9.80. The molecule has 0 unspecified atom stereocenters. The van der Waals surface area contributed by atoms with Crippen LogP contribution in [-0.2, 0) is 0 Å². The molecule has 0 radical (unpaired) electrons. The van der Waals surface area contributed by atoms with E-state index in [1.165, 1.54) is 32.1 Å². The Morgan fingerprint density at radius 1 is 1.27 bits per heavy atom. The molecule has 0 amide bonds. The smallest absolute Gasteiger partial charge is 0.0189 e. The Bertz CT molecular complexity index is 117. The Morgan fingerprint density at radius 2 is 1.82 bits per heavy atom. The normalized spacial score (nSPS) is 21.9. The highest BCUT2D eigenvalue weighted by Crippen LogP contribution is 2.28. The van der Waals surface area contributed by atoms with Crippen molar-refractivity contribution in [3.05, 3.63) is 12.7 Å². The van der Waals surface area contributed by atoms with Crippen molar-refractivity contribution in [2.75, 3.05) is 0 Å². The third-order valence-corrected chi connectivity index (χ3v) is 2.40. The molecule has 2 heteroatoms. The number of hydrogen-bond donors (Lipinski definition) is 1. The van der Waals surface area contributed by atoms with Crippen molar-refractivity contribution in [3.63, 3.8) is 0 Å². The molecular weight excluding hydrogens is 158 g/mol. The molecule has 0 spiro atoms. The van der Waals surface area contributed by atoms with E-state index in [9.17, 15) is 0 Å². The maximum Gasteiger partial charge on any atom is 0.0189 e. The molecule has 0 aromatic rings. The first-order chi connectivity index (χ1) is 4.77. The predicted octanol–water partition coefficient (Wildman–Crippen LogP) is 2.65. The Kier molecular flexibility index (Phi) is 4.78. The summed E-state index contributed by atoms with van der Waals surface area (Å²) in [5, 5.41) is 0. The van der Waals surface area contributed by atoms with Crippen molar-refractivity contribution < 1.29 is 0 Å². The molecule has 11 heavy (non-hydrogen) atoms. The van der Waals surface area contributed by atoms with Gasteiger partial charge in [-0.15, -0.1) is 19.0 Å². The van der Waals surface area contributed by atoms with Gasteiger partial charge in [-0.1, -0.05) is 25.3 Å². The minimum absolute atomic E-state index is 0. The molecule has 1 fully saturated rings. The fraction of sp³-hybridized carbons (Fsp3) is 0.778. The molecule has 0 heterocycles. The molecule has 1 rings (SSSR count). The van der Waals surface area contributed by atoms with Gasteiger partial charge in [0, 0.05) is 5.54 Å².